The molecule has 1 aliphatic rings. The molecule has 212 valence electrons. The molecule has 0 aromatic heterocycles. The summed E-state index contributed by atoms with van der Waals surface area (Å²) in [6.07, 6.45) is 1.99. The number of thiocarbonyl (C=S) groups is 1. The van der Waals surface area contributed by atoms with Gasteiger partial charge in [-0.05, 0) is 103 Å². The highest BCUT2D eigenvalue weighted by Crippen LogP contribution is 2.43. The molecule has 0 aliphatic carbocycles. The van der Waals surface area contributed by atoms with E-state index in [2.05, 4.69) is 25.4 Å². The lowest BCUT2D eigenvalue weighted by atomic mass is 9.94. The van der Waals surface area contributed by atoms with Gasteiger partial charge < -0.3 is 20.1 Å². The normalized spacial score (nSPS) is 14.9. The van der Waals surface area contributed by atoms with Gasteiger partial charge in [0, 0.05) is 30.0 Å². The Kier molecular flexibility index (Phi) is 10.3. The van der Waals surface area contributed by atoms with Gasteiger partial charge >= 0.3 is 6.09 Å². The molecule has 0 bridgehead atoms. The molecule has 1 amide bonds. The van der Waals surface area contributed by atoms with Crippen molar-refractivity contribution in [1.29, 1.82) is 0 Å². The Morgan fingerprint density at radius 2 is 1.84 bits per heavy atom. The first kappa shape index (κ1) is 31.5. The minimum Gasteiger partial charge on any atom is -0.487 e. The van der Waals surface area contributed by atoms with Gasteiger partial charge in [0.25, 0.3) is 10.0 Å². The van der Waals surface area contributed by atoms with Crippen molar-refractivity contribution in [3.8, 4) is 5.75 Å². The SMILES string of the molecule is Cc1c(C)c(S(=O)(=O)NC(=S)NC[C@H](CCCCNC(=O)OC(C)(C)C)N=[N+]=[N-])c(C)c2c1OC(C)(C)C2. The van der Waals surface area contributed by atoms with Crippen molar-refractivity contribution < 1.29 is 22.7 Å². The van der Waals surface area contributed by atoms with Gasteiger partial charge in [-0.2, -0.15) is 0 Å². The standard InChI is InChI=1S/C25H40N6O5S2/c1-15-16(2)21(17(3)19-13-25(7,8)35-20(15)19)38(33,34)30-22(37)28-14-18(29-31-26)11-9-10-12-27-23(32)36-24(4,5)6/h18H,9-14H2,1-8H3,(H,27,32)(H2,28,30,37)/t18-/m0/s1. The number of sulfonamides is 1. The van der Waals surface area contributed by atoms with E-state index >= 15 is 0 Å². The van der Waals surface area contributed by atoms with Gasteiger partial charge in [-0.3, -0.25) is 4.72 Å². The lowest BCUT2D eigenvalue weighted by molar-refractivity contribution is 0.0527. The summed E-state index contributed by atoms with van der Waals surface area (Å²) in [5, 5.41) is 9.24. The number of amides is 1. The molecular weight excluding hydrogens is 528 g/mol. The van der Waals surface area contributed by atoms with Gasteiger partial charge in [-0.1, -0.05) is 11.5 Å². The summed E-state index contributed by atoms with van der Waals surface area (Å²) in [7, 11) is -3.97. The molecule has 2 rings (SSSR count). The minimum atomic E-state index is -3.97. The second kappa shape index (κ2) is 12.4. The van der Waals surface area contributed by atoms with E-state index in [0.717, 1.165) is 16.9 Å². The summed E-state index contributed by atoms with van der Waals surface area (Å²) in [5.74, 6) is 0.753. The van der Waals surface area contributed by atoms with Crippen LogP contribution >= 0.6 is 12.2 Å². The van der Waals surface area contributed by atoms with Crippen molar-refractivity contribution >= 4 is 33.4 Å². The minimum absolute atomic E-state index is 0.0803. The number of carbonyl (C=O) groups is 1. The molecule has 0 radical (unpaired) electrons. The van der Waals surface area contributed by atoms with Crippen molar-refractivity contribution in [2.75, 3.05) is 13.1 Å². The summed E-state index contributed by atoms with van der Waals surface area (Å²) >= 11 is 5.26. The maximum absolute atomic E-state index is 13.3. The number of carbonyl (C=O) groups excluding carboxylic acids is 1. The lowest BCUT2D eigenvalue weighted by Crippen LogP contribution is -2.42. The number of nitrogens with zero attached hydrogens (tertiary/aromatic N) is 3. The summed E-state index contributed by atoms with van der Waals surface area (Å²) in [5.41, 5.74) is 10.9. The molecule has 1 aliphatic heterocycles. The van der Waals surface area contributed by atoms with E-state index in [0.29, 0.717) is 43.4 Å². The van der Waals surface area contributed by atoms with Crippen LogP contribution in [0.3, 0.4) is 0 Å². The maximum Gasteiger partial charge on any atom is 0.407 e. The number of benzene rings is 1. The Morgan fingerprint density at radius 1 is 1.18 bits per heavy atom. The van der Waals surface area contributed by atoms with Crippen LogP contribution in [-0.2, 0) is 21.2 Å². The molecule has 0 spiro atoms. The van der Waals surface area contributed by atoms with Gasteiger partial charge in [0.15, 0.2) is 5.11 Å². The molecule has 13 heteroatoms. The molecule has 1 atom stereocenters. The van der Waals surface area contributed by atoms with E-state index in [1.165, 1.54) is 0 Å². The van der Waals surface area contributed by atoms with Gasteiger partial charge in [-0.25, -0.2) is 13.2 Å². The lowest BCUT2D eigenvalue weighted by Gasteiger charge is -2.20. The van der Waals surface area contributed by atoms with Crippen LogP contribution in [0.4, 0.5) is 4.79 Å². The summed E-state index contributed by atoms with van der Waals surface area (Å²) < 4.78 is 40.4. The molecule has 0 saturated carbocycles. The van der Waals surface area contributed by atoms with Crippen LogP contribution in [0.15, 0.2) is 10.0 Å². The van der Waals surface area contributed by atoms with Gasteiger partial charge in [0.2, 0.25) is 0 Å². The zero-order valence-corrected chi connectivity index (χ0v) is 25.2. The Bertz CT molecular complexity index is 1220. The number of nitrogens with one attached hydrogen (secondary N) is 3. The van der Waals surface area contributed by atoms with Crippen molar-refractivity contribution in [3.05, 3.63) is 32.7 Å². The number of hydrogen-bond donors (Lipinski definition) is 3. The van der Waals surface area contributed by atoms with Gasteiger partial charge in [0.05, 0.1) is 10.9 Å². The average Bonchev–Trinajstić information content (AvgIpc) is 3.10. The van der Waals surface area contributed by atoms with Crippen molar-refractivity contribution in [3.63, 3.8) is 0 Å². The number of fused-ring (bicyclic) bond motifs is 1. The van der Waals surface area contributed by atoms with E-state index in [-0.39, 0.29) is 16.6 Å². The molecule has 1 heterocycles. The molecule has 38 heavy (non-hydrogen) atoms. The first-order chi connectivity index (χ1) is 17.5. The highest BCUT2D eigenvalue weighted by atomic mass is 32.2. The van der Waals surface area contributed by atoms with Crippen LogP contribution in [0.25, 0.3) is 10.4 Å². The van der Waals surface area contributed by atoms with Gasteiger partial charge in [0.1, 0.15) is 17.0 Å². The molecule has 3 N–H and O–H groups in total. The molecule has 0 fully saturated rings. The molecular formula is C25H40N6O5S2. The Balaban J connectivity index is 1.95. The Morgan fingerprint density at radius 3 is 2.45 bits per heavy atom. The number of ether oxygens (including phenoxy) is 2. The topological polar surface area (TPSA) is 155 Å². The molecule has 11 nitrogen and oxygen atoms in total. The summed E-state index contributed by atoms with van der Waals surface area (Å²) in [4.78, 5) is 14.8. The monoisotopic (exact) mass is 568 g/mol. The number of unbranched alkanes of at least 4 members (excludes halogenated alkanes) is 1. The van der Waals surface area contributed by atoms with Crippen LogP contribution in [0.5, 0.6) is 5.75 Å². The highest BCUT2D eigenvalue weighted by molar-refractivity contribution is 7.92. The van der Waals surface area contributed by atoms with Crippen molar-refractivity contribution in [2.45, 2.75) is 103 Å². The first-order valence-corrected chi connectivity index (χ1v) is 14.5. The smallest absolute Gasteiger partial charge is 0.407 e. The number of alkyl carbamates (subject to hydrolysis) is 1. The summed E-state index contributed by atoms with van der Waals surface area (Å²) in [6.45, 7) is 15.3. The largest absolute Gasteiger partial charge is 0.487 e. The second-order valence-corrected chi connectivity index (χ2v) is 13.2. The molecule has 1 aromatic rings. The third-order valence-corrected chi connectivity index (χ3v) is 8.13. The zero-order valence-electron chi connectivity index (χ0n) is 23.5. The number of hydrogen-bond acceptors (Lipinski definition) is 7. The predicted molar refractivity (Wildman–Crippen MR) is 151 cm³/mol. The Hall–Kier alpha value is -2.76. The zero-order chi connectivity index (χ0) is 28.9. The Labute approximate surface area is 231 Å². The van der Waals surface area contributed by atoms with Crippen LogP contribution in [0, 0.1) is 20.8 Å². The quantitative estimate of drug-likeness (QED) is 0.120. The van der Waals surface area contributed by atoms with Crippen LogP contribution in [-0.4, -0.2) is 50.0 Å². The number of azide groups is 1. The van der Waals surface area contributed by atoms with Crippen LogP contribution in [0.2, 0.25) is 0 Å². The van der Waals surface area contributed by atoms with E-state index in [9.17, 15) is 13.2 Å². The second-order valence-electron chi connectivity index (χ2n) is 11.1. The van der Waals surface area contributed by atoms with Crippen molar-refractivity contribution in [1.82, 2.24) is 15.4 Å². The van der Waals surface area contributed by atoms with E-state index < -0.39 is 33.4 Å². The van der Waals surface area contributed by atoms with Gasteiger partial charge in [-0.15, -0.1) is 0 Å². The third kappa shape index (κ3) is 8.64. The van der Waals surface area contributed by atoms with E-state index in [1.807, 2.05) is 20.8 Å². The summed E-state index contributed by atoms with van der Waals surface area (Å²) in [6, 6.07) is -0.450. The molecule has 0 unspecified atom stereocenters. The third-order valence-electron chi connectivity index (χ3n) is 6.13. The predicted octanol–water partition coefficient (Wildman–Crippen LogP) is 4.85. The number of rotatable bonds is 10. The molecule has 1 aromatic carbocycles. The van der Waals surface area contributed by atoms with Crippen molar-refractivity contribution in [2.24, 2.45) is 5.11 Å². The molecule has 0 saturated heterocycles. The fraction of sp³-hybridized carbons (Fsp3) is 0.680. The maximum atomic E-state index is 13.3. The van der Waals surface area contributed by atoms with Crippen LogP contribution in [0.1, 0.15) is 76.1 Å². The van der Waals surface area contributed by atoms with E-state index in [4.69, 9.17) is 27.2 Å². The fourth-order valence-electron chi connectivity index (χ4n) is 4.35. The highest BCUT2D eigenvalue weighted by Gasteiger charge is 2.36. The fourth-order valence-corrected chi connectivity index (χ4v) is 6.26. The van der Waals surface area contributed by atoms with E-state index in [1.54, 1.807) is 34.6 Å². The average molecular weight is 569 g/mol. The first-order valence-electron chi connectivity index (χ1n) is 12.6. The van der Waals surface area contributed by atoms with Crippen LogP contribution < -0.4 is 20.1 Å².